The summed E-state index contributed by atoms with van der Waals surface area (Å²) in [4.78, 5) is 14.1. The van der Waals surface area contributed by atoms with Gasteiger partial charge >= 0.3 is 0 Å². The van der Waals surface area contributed by atoms with Crippen molar-refractivity contribution in [3.8, 4) is 5.75 Å². The van der Waals surface area contributed by atoms with Gasteiger partial charge in [-0.2, -0.15) is 0 Å². The van der Waals surface area contributed by atoms with Crippen LogP contribution < -0.4 is 4.74 Å². The average Bonchev–Trinajstić information content (AvgIpc) is 2.87. The lowest BCUT2D eigenvalue weighted by Gasteiger charge is -2.23. The maximum atomic E-state index is 12.1. The van der Waals surface area contributed by atoms with Crippen molar-refractivity contribution in [3.05, 3.63) is 29.8 Å². The number of carbonyl (C=O) groups is 1. The van der Waals surface area contributed by atoms with Crippen molar-refractivity contribution in [1.29, 1.82) is 0 Å². The molecule has 3 nitrogen and oxygen atoms in total. The summed E-state index contributed by atoms with van der Waals surface area (Å²) in [5.41, 5.74) is 1.17. The van der Waals surface area contributed by atoms with E-state index in [9.17, 15) is 4.79 Å². The van der Waals surface area contributed by atoms with E-state index in [4.69, 9.17) is 4.74 Å². The SMILES string of the molecule is Cc1cccc(OCCC(=O)N2CCCC2CBr)c1. The zero-order valence-electron chi connectivity index (χ0n) is 11.3. The molecule has 4 heteroatoms. The molecule has 1 aromatic carbocycles. The fourth-order valence-electron chi connectivity index (χ4n) is 2.43. The number of hydrogen-bond acceptors (Lipinski definition) is 2. The first-order chi connectivity index (χ1) is 9.20. The zero-order valence-corrected chi connectivity index (χ0v) is 12.9. The van der Waals surface area contributed by atoms with Crippen LogP contribution in [-0.2, 0) is 4.79 Å². The second-order valence-corrected chi connectivity index (χ2v) is 5.60. The van der Waals surface area contributed by atoms with Crippen LogP contribution in [0.1, 0.15) is 24.8 Å². The van der Waals surface area contributed by atoms with Gasteiger partial charge < -0.3 is 9.64 Å². The maximum Gasteiger partial charge on any atom is 0.226 e. The Hall–Kier alpha value is -1.03. The Morgan fingerprint density at radius 2 is 2.37 bits per heavy atom. The molecule has 1 heterocycles. The number of amides is 1. The number of halogens is 1. The first-order valence-electron chi connectivity index (χ1n) is 6.75. The van der Waals surface area contributed by atoms with E-state index in [1.807, 2.05) is 36.1 Å². The third-order valence-electron chi connectivity index (χ3n) is 3.45. The molecule has 1 aromatic rings. The molecule has 0 saturated carbocycles. The van der Waals surface area contributed by atoms with E-state index in [1.165, 1.54) is 5.56 Å². The molecule has 0 bridgehead atoms. The highest BCUT2D eigenvalue weighted by atomic mass is 79.9. The third kappa shape index (κ3) is 3.96. The molecule has 0 aromatic heterocycles. The highest BCUT2D eigenvalue weighted by molar-refractivity contribution is 9.09. The van der Waals surface area contributed by atoms with Crippen LogP contribution in [0.15, 0.2) is 24.3 Å². The molecule has 1 amide bonds. The Morgan fingerprint density at radius 1 is 1.53 bits per heavy atom. The number of likely N-dealkylation sites (tertiary alicyclic amines) is 1. The molecule has 0 aliphatic carbocycles. The van der Waals surface area contributed by atoms with Gasteiger partial charge in [-0.1, -0.05) is 28.1 Å². The summed E-state index contributed by atoms with van der Waals surface area (Å²) in [6.07, 6.45) is 2.67. The van der Waals surface area contributed by atoms with Crippen LogP contribution in [0.2, 0.25) is 0 Å². The summed E-state index contributed by atoms with van der Waals surface area (Å²) in [6.45, 7) is 3.37. The monoisotopic (exact) mass is 325 g/mol. The van der Waals surface area contributed by atoms with Crippen molar-refractivity contribution in [3.63, 3.8) is 0 Å². The van der Waals surface area contributed by atoms with Crippen LogP contribution in [0.5, 0.6) is 5.75 Å². The van der Waals surface area contributed by atoms with E-state index in [1.54, 1.807) is 0 Å². The number of benzene rings is 1. The Kier molecular flexibility index (Phi) is 5.25. The molecule has 1 aliphatic heterocycles. The van der Waals surface area contributed by atoms with Crippen LogP contribution >= 0.6 is 15.9 Å². The van der Waals surface area contributed by atoms with E-state index in [0.717, 1.165) is 30.5 Å². The number of carbonyl (C=O) groups excluding carboxylic acids is 1. The molecule has 104 valence electrons. The maximum absolute atomic E-state index is 12.1. The molecule has 1 atom stereocenters. The van der Waals surface area contributed by atoms with Gasteiger partial charge in [0, 0.05) is 17.9 Å². The first kappa shape index (κ1) is 14.4. The first-order valence-corrected chi connectivity index (χ1v) is 7.88. The summed E-state index contributed by atoms with van der Waals surface area (Å²) >= 11 is 3.47. The molecular weight excluding hydrogens is 306 g/mol. The van der Waals surface area contributed by atoms with Crippen molar-refractivity contribution in [2.24, 2.45) is 0 Å². The van der Waals surface area contributed by atoms with Gasteiger partial charge in [0.25, 0.3) is 0 Å². The van der Waals surface area contributed by atoms with Crippen molar-refractivity contribution in [2.75, 3.05) is 18.5 Å². The number of hydrogen-bond donors (Lipinski definition) is 0. The lowest BCUT2D eigenvalue weighted by molar-refractivity contribution is -0.132. The second-order valence-electron chi connectivity index (χ2n) is 4.95. The van der Waals surface area contributed by atoms with Crippen LogP contribution in [0.3, 0.4) is 0 Å². The molecule has 1 saturated heterocycles. The standard InChI is InChI=1S/C15H20BrNO2/c1-12-4-2-6-14(10-12)19-9-7-15(18)17-8-3-5-13(17)11-16/h2,4,6,10,13H,3,5,7-9,11H2,1H3. The van der Waals surface area contributed by atoms with Gasteiger partial charge in [0.05, 0.1) is 13.0 Å². The Labute approximate surface area is 123 Å². The number of alkyl halides is 1. The van der Waals surface area contributed by atoms with Gasteiger partial charge in [-0.3, -0.25) is 4.79 Å². The molecule has 1 fully saturated rings. The molecule has 1 unspecified atom stereocenters. The van der Waals surface area contributed by atoms with E-state index in [2.05, 4.69) is 15.9 Å². The number of ether oxygens (including phenoxy) is 1. The quantitative estimate of drug-likeness (QED) is 0.778. The van der Waals surface area contributed by atoms with Crippen molar-refractivity contribution < 1.29 is 9.53 Å². The zero-order chi connectivity index (χ0) is 13.7. The van der Waals surface area contributed by atoms with E-state index >= 15 is 0 Å². The predicted octanol–water partition coefficient (Wildman–Crippen LogP) is 3.15. The minimum Gasteiger partial charge on any atom is -0.493 e. The molecule has 1 aliphatic rings. The molecule has 0 radical (unpaired) electrons. The summed E-state index contributed by atoms with van der Waals surface area (Å²) in [6, 6.07) is 8.28. The Balaban J connectivity index is 1.78. The topological polar surface area (TPSA) is 29.5 Å². The summed E-state index contributed by atoms with van der Waals surface area (Å²) in [5, 5.41) is 0.872. The van der Waals surface area contributed by atoms with Crippen molar-refractivity contribution in [1.82, 2.24) is 4.90 Å². The van der Waals surface area contributed by atoms with Gasteiger partial charge in [0.15, 0.2) is 0 Å². The van der Waals surface area contributed by atoms with E-state index < -0.39 is 0 Å². The summed E-state index contributed by atoms with van der Waals surface area (Å²) < 4.78 is 5.63. The van der Waals surface area contributed by atoms with E-state index in [0.29, 0.717) is 19.1 Å². The fraction of sp³-hybridized carbons (Fsp3) is 0.533. The molecule has 19 heavy (non-hydrogen) atoms. The minimum absolute atomic E-state index is 0.203. The van der Waals surface area contributed by atoms with Gasteiger partial charge in [0.2, 0.25) is 5.91 Å². The highest BCUT2D eigenvalue weighted by Gasteiger charge is 2.27. The molecule has 0 spiro atoms. The normalized spacial score (nSPS) is 18.6. The van der Waals surface area contributed by atoms with Crippen molar-refractivity contribution in [2.45, 2.75) is 32.2 Å². The average molecular weight is 326 g/mol. The predicted molar refractivity (Wildman–Crippen MR) is 79.8 cm³/mol. The smallest absolute Gasteiger partial charge is 0.226 e. The molecule has 2 rings (SSSR count). The summed E-state index contributed by atoms with van der Waals surface area (Å²) in [5.74, 6) is 1.04. The van der Waals surface area contributed by atoms with Crippen molar-refractivity contribution >= 4 is 21.8 Å². The van der Waals surface area contributed by atoms with Crippen LogP contribution in [0.25, 0.3) is 0 Å². The second kappa shape index (κ2) is 6.94. The van der Waals surface area contributed by atoms with E-state index in [-0.39, 0.29) is 5.91 Å². The van der Waals surface area contributed by atoms with Crippen LogP contribution in [-0.4, -0.2) is 35.3 Å². The van der Waals surface area contributed by atoms with Gasteiger partial charge in [-0.05, 0) is 37.5 Å². The van der Waals surface area contributed by atoms with Crippen LogP contribution in [0.4, 0.5) is 0 Å². The van der Waals surface area contributed by atoms with Crippen LogP contribution in [0, 0.1) is 6.92 Å². The van der Waals surface area contributed by atoms with Gasteiger partial charge in [-0.15, -0.1) is 0 Å². The number of aryl methyl sites for hydroxylation is 1. The molecular formula is C15H20BrNO2. The van der Waals surface area contributed by atoms with Gasteiger partial charge in [-0.25, -0.2) is 0 Å². The highest BCUT2D eigenvalue weighted by Crippen LogP contribution is 2.20. The third-order valence-corrected chi connectivity index (χ3v) is 4.20. The lowest BCUT2D eigenvalue weighted by Crippen LogP contribution is -2.37. The Morgan fingerprint density at radius 3 is 3.11 bits per heavy atom. The minimum atomic E-state index is 0.203. The largest absolute Gasteiger partial charge is 0.493 e. The molecule has 0 N–H and O–H groups in total. The Bertz CT molecular complexity index is 436. The fourth-order valence-corrected chi connectivity index (χ4v) is 3.10. The number of rotatable bonds is 5. The summed E-state index contributed by atoms with van der Waals surface area (Å²) in [7, 11) is 0. The number of nitrogens with zero attached hydrogens (tertiary/aromatic N) is 1. The van der Waals surface area contributed by atoms with Gasteiger partial charge in [0.1, 0.15) is 5.75 Å². The lowest BCUT2D eigenvalue weighted by atomic mass is 10.2.